The Morgan fingerprint density at radius 1 is 1.44 bits per heavy atom. The largest absolute Gasteiger partial charge is 0.792 e. The minimum atomic E-state index is -0.554. The van der Waals surface area contributed by atoms with Crippen LogP contribution in [0, 0.1) is 50.0 Å². The number of aliphatic hydroxyl groups excluding tert-OH is 1. The monoisotopic (exact) mass is 460 g/mol. The molecule has 0 spiro atoms. The van der Waals surface area contributed by atoms with Gasteiger partial charge in [-0.15, -0.1) is 0 Å². The Labute approximate surface area is 140 Å². The molecule has 1 unspecified atom stereocenters. The Morgan fingerprint density at radius 3 is 2.31 bits per heavy atom. The third-order valence-corrected chi connectivity index (χ3v) is 2.70. The molecule has 16 heavy (non-hydrogen) atoms. The summed E-state index contributed by atoms with van der Waals surface area (Å²) < 4.78 is 0. The molecule has 0 aliphatic heterocycles. The van der Waals surface area contributed by atoms with Gasteiger partial charge < -0.3 is 28.0 Å². The van der Waals surface area contributed by atoms with Crippen LogP contribution in [0.1, 0.15) is 13.8 Å². The van der Waals surface area contributed by atoms with Crippen LogP contribution in [0.3, 0.4) is 0 Å². The molecule has 0 saturated heterocycles. The summed E-state index contributed by atoms with van der Waals surface area (Å²) in [4.78, 5) is 13.4. The molecule has 0 aromatic rings. The van der Waals surface area contributed by atoms with Gasteiger partial charge in [0.1, 0.15) is 0 Å². The van der Waals surface area contributed by atoms with Crippen molar-refractivity contribution < 1.29 is 54.0 Å². The van der Waals surface area contributed by atoms with Crippen LogP contribution in [0.25, 0.3) is 0 Å². The smallest absolute Gasteiger partial charge is 0.221 e. The second-order valence-electron chi connectivity index (χ2n) is 4.19. The van der Waals surface area contributed by atoms with E-state index in [2.05, 4.69) is 5.32 Å². The number of hydrogen-bond donors (Lipinski definition) is 2. The van der Waals surface area contributed by atoms with E-state index < -0.39 is 6.10 Å². The summed E-state index contributed by atoms with van der Waals surface area (Å²) in [6.45, 7) is 4.11. The van der Waals surface area contributed by atoms with Gasteiger partial charge >= 0.3 is 0 Å². The van der Waals surface area contributed by atoms with E-state index in [4.69, 9.17) is 12.6 Å². The zero-order valence-electron chi connectivity index (χ0n) is 10.4. The fraction of sp³-hybridized carbons (Fsp3) is 0.900. The second kappa shape index (κ2) is 10.1. The average Bonchev–Trinajstić information content (AvgIpc) is 2.15. The van der Waals surface area contributed by atoms with Crippen LogP contribution in [0.4, 0.5) is 0 Å². The summed E-state index contributed by atoms with van der Waals surface area (Å²) in [6.07, 6.45) is -0.554. The number of rotatable bonds is 6. The zero-order chi connectivity index (χ0) is 12.0. The van der Waals surface area contributed by atoms with Crippen molar-refractivity contribution in [1.82, 2.24) is 10.2 Å². The van der Waals surface area contributed by atoms with Crippen molar-refractivity contribution in [2.24, 2.45) is 5.92 Å². The molecule has 0 aliphatic carbocycles. The van der Waals surface area contributed by atoms with Gasteiger partial charge in [0.05, 0.1) is 12.1 Å². The Kier molecular flexibility index (Phi) is 12.4. The number of likely N-dealkylation sites (N-methyl/N-ethyl adjacent to an activating group) is 1. The van der Waals surface area contributed by atoms with Gasteiger partial charge in [-0.2, -0.15) is 5.75 Å². The van der Waals surface area contributed by atoms with Gasteiger partial charge in [-0.3, -0.25) is 4.79 Å². The van der Waals surface area contributed by atoms with Gasteiger partial charge in [0.25, 0.3) is 0 Å². The number of aliphatic hydroxyl groups is 1. The molecule has 0 saturated carbocycles. The number of nitrogens with zero attached hydrogens (tertiary/aromatic N) is 1. The topological polar surface area (TPSA) is 52.6 Å². The van der Waals surface area contributed by atoms with Crippen molar-refractivity contribution in [3.05, 3.63) is 0 Å². The van der Waals surface area contributed by atoms with Crippen molar-refractivity contribution in [3.63, 3.8) is 0 Å². The summed E-state index contributed by atoms with van der Waals surface area (Å²) in [6, 6.07) is -0.246. The maximum absolute atomic E-state index is 11.5. The number of amides is 1. The van der Waals surface area contributed by atoms with E-state index in [0.717, 1.165) is 0 Å². The molecule has 0 aromatic heterocycles. The number of nitrogens with one attached hydrogen (secondary N) is 1. The molecule has 0 fully saturated rings. The fourth-order valence-electron chi connectivity index (χ4n) is 1.07. The standard InChI is InChI=1S/C10H22N2O2S.Ac/c1-7(6-15)10(14)11-8(2)9(13)5-12(3)4;/h7-9,13,15H,5-6H2,1-4H3,(H,11,14);/p-1/t7?,8-,9+;/m0./s1. The summed E-state index contributed by atoms with van der Waals surface area (Å²) in [5, 5.41) is 12.5. The molecule has 6 heteroatoms. The Morgan fingerprint density at radius 2 is 1.94 bits per heavy atom. The van der Waals surface area contributed by atoms with Gasteiger partial charge in [0, 0.05) is 56.5 Å². The molecular weight excluding hydrogens is 439 g/mol. The molecule has 3 atom stereocenters. The molecule has 2 N–H and O–H groups in total. The Balaban J connectivity index is 0. The fourth-order valence-corrected chi connectivity index (χ4v) is 1.22. The van der Waals surface area contributed by atoms with Crippen LogP contribution < -0.4 is 5.32 Å². The van der Waals surface area contributed by atoms with Crippen LogP contribution in [-0.4, -0.2) is 54.5 Å². The maximum Gasteiger partial charge on any atom is 0.221 e. The van der Waals surface area contributed by atoms with Crippen molar-refractivity contribution >= 4 is 18.5 Å². The molecule has 0 heterocycles. The van der Waals surface area contributed by atoms with E-state index in [1.807, 2.05) is 19.0 Å². The van der Waals surface area contributed by atoms with E-state index in [0.29, 0.717) is 12.3 Å². The van der Waals surface area contributed by atoms with E-state index in [9.17, 15) is 9.90 Å². The third-order valence-electron chi connectivity index (χ3n) is 2.20. The molecule has 0 aromatic carbocycles. The van der Waals surface area contributed by atoms with Crippen molar-refractivity contribution in [2.45, 2.75) is 26.0 Å². The molecule has 4 nitrogen and oxygen atoms in total. The predicted molar refractivity (Wildman–Crippen MR) is 63.6 cm³/mol. The van der Waals surface area contributed by atoms with Crippen molar-refractivity contribution in [2.75, 3.05) is 26.4 Å². The molecular formula is C10H21AcN2O2S-. The first-order valence-electron chi connectivity index (χ1n) is 5.09. The normalized spacial score (nSPS) is 16.2. The first-order valence-corrected chi connectivity index (χ1v) is 5.67. The minimum absolute atomic E-state index is 0. The van der Waals surface area contributed by atoms with Gasteiger partial charge in [0.2, 0.25) is 5.91 Å². The maximum atomic E-state index is 11.5. The first kappa shape index (κ1) is 19.5. The van der Waals surface area contributed by atoms with Crippen LogP contribution >= 0.6 is 0 Å². The van der Waals surface area contributed by atoms with Crippen molar-refractivity contribution in [1.29, 1.82) is 0 Å². The van der Waals surface area contributed by atoms with E-state index in [1.54, 1.807) is 13.8 Å². The van der Waals surface area contributed by atoms with Gasteiger partial charge in [-0.1, -0.05) is 6.92 Å². The third kappa shape index (κ3) is 8.30. The van der Waals surface area contributed by atoms with Crippen LogP contribution in [-0.2, 0) is 17.4 Å². The summed E-state index contributed by atoms with van der Waals surface area (Å²) in [7, 11) is 3.76. The number of hydrogen-bond acceptors (Lipinski definition) is 4. The average molecular weight is 460 g/mol. The van der Waals surface area contributed by atoms with Gasteiger partial charge in [-0.05, 0) is 21.0 Å². The first-order chi connectivity index (χ1) is 6.88. The Hall–Kier alpha value is 1.18. The van der Waals surface area contributed by atoms with Crippen LogP contribution in [0.15, 0.2) is 0 Å². The van der Waals surface area contributed by atoms with Crippen LogP contribution in [0.5, 0.6) is 0 Å². The minimum Gasteiger partial charge on any atom is -0.792 e. The molecule has 0 aliphatic rings. The van der Waals surface area contributed by atoms with E-state index >= 15 is 0 Å². The quantitative estimate of drug-likeness (QED) is 0.530. The van der Waals surface area contributed by atoms with Crippen molar-refractivity contribution in [3.8, 4) is 0 Å². The summed E-state index contributed by atoms with van der Waals surface area (Å²) >= 11 is 4.81. The van der Waals surface area contributed by atoms with E-state index in [1.165, 1.54) is 0 Å². The molecule has 93 valence electrons. The zero-order valence-corrected chi connectivity index (χ0v) is 16.0. The number of carbonyl (C=O) groups excluding carboxylic acids is 1. The van der Waals surface area contributed by atoms with Crippen LogP contribution in [0.2, 0.25) is 0 Å². The van der Waals surface area contributed by atoms with Gasteiger partial charge in [0.15, 0.2) is 0 Å². The SMILES string of the molecule is CC(C[S-])C(=O)N[C@@H](C)[C@H](O)CN(C)C.[Ac]. The summed E-state index contributed by atoms with van der Waals surface area (Å²) in [5.41, 5.74) is 0. The molecule has 1 amide bonds. The molecule has 1 radical (unpaired) electrons. The van der Waals surface area contributed by atoms with Gasteiger partial charge in [-0.25, -0.2) is 0 Å². The predicted octanol–water partition coefficient (Wildman–Crippen LogP) is -0.403. The molecule has 0 bridgehead atoms. The van der Waals surface area contributed by atoms with E-state index in [-0.39, 0.29) is 61.9 Å². The number of carbonyl (C=O) groups is 1. The Bertz CT molecular complexity index is 205. The second-order valence-corrected chi connectivity index (χ2v) is 4.53. The molecule has 0 rings (SSSR count). The summed E-state index contributed by atoms with van der Waals surface area (Å²) in [5.74, 6) is 0.145.